The number of anilines is 1. The van der Waals surface area contributed by atoms with Crippen molar-refractivity contribution in [1.29, 1.82) is 0 Å². The molecule has 8 heteroatoms. The van der Waals surface area contributed by atoms with Crippen LogP contribution in [0.2, 0.25) is 0 Å². The Morgan fingerprint density at radius 1 is 1.27 bits per heavy atom. The topological polar surface area (TPSA) is 97.6 Å². The average Bonchev–Trinajstić information content (AvgIpc) is 3.16. The van der Waals surface area contributed by atoms with E-state index < -0.39 is 11.9 Å². The van der Waals surface area contributed by atoms with Gasteiger partial charge in [0.1, 0.15) is 4.88 Å². The van der Waals surface area contributed by atoms with Gasteiger partial charge in [-0.15, -0.1) is 11.3 Å². The molecule has 2 heterocycles. The lowest BCUT2D eigenvalue weighted by atomic mass is 10.4. The first-order valence-corrected chi connectivity index (χ1v) is 7.30. The van der Waals surface area contributed by atoms with Gasteiger partial charge in [-0.05, 0) is 31.2 Å². The number of esters is 1. The van der Waals surface area contributed by atoms with Crippen LogP contribution in [0.25, 0.3) is 0 Å². The van der Waals surface area contributed by atoms with Crippen LogP contribution >= 0.6 is 11.3 Å². The number of hydrogen-bond acceptors (Lipinski definition) is 6. The Morgan fingerprint density at radius 2 is 2.09 bits per heavy atom. The van der Waals surface area contributed by atoms with E-state index in [1.165, 1.54) is 18.4 Å². The largest absolute Gasteiger partial charge is 0.459 e. The van der Waals surface area contributed by atoms with Crippen molar-refractivity contribution in [2.45, 2.75) is 6.92 Å². The highest BCUT2D eigenvalue weighted by Gasteiger charge is 2.15. The van der Waals surface area contributed by atoms with Gasteiger partial charge in [0.2, 0.25) is 0 Å². The van der Waals surface area contributed by atoms with Crippen molar-refractivity contribution in [1.82, 2.24) is 5.32 Å². The van der Waals surface area contributed by atoms with E-state index in [9.17, 15) is 14.4 Å². The summed E-state index contributed by atoms with van der Waals surface area (Å²) in [4.78, 5) is 35.0. The maximum atomic E-state index is 11.8. The third-order valence-electron chi connectivity index (χ3n) is 2.50. The fourth-order valence-corrected chi connectivity index (χ4v) is 2.34. The molecule has 0 unspecified atom stereocenters. The second-order valence-electron chi connectivity index (χ2n) is 4.12. The summed E-state index contributed by atoms with van der Waals surface area (Å²) in [6.07, 6.45) is 1.40. The normalized spacial score (nSPS) is 10.0. The molecule has 0 saturated carbocycles. The fraction of sp³-hybridized carbons (Fsp3) is 0.214. The molecule has 22 heavy (non-hydrogen) atoms. The van der Waals surface area contributed by atoms with Crippen molar-refractivity contribution in [3.05, 3.63) is 41.2 Å². The molecule has 0 aliphatic rings. The van der Waals surface area contributed by atoms with Crippen LogP contribution in [0.4, 0.5) is 5.00 Å². The molecule has 116 valence electrons. The molecule has 0 radical (unpaired) electrons. The molecule has 2 N–H and O–H groups in total. The van der Waals surface area contributed by atoms with Gasteiger partial charge in [0.05, 0.1) is 11.3 Å². The third kappa shape index (κ3) is 4.19. The number of nitrogens with one attached hydrogen (secondary N) is 2. The molecule has 0 atom stereocenters. The lowest BCUT2D eigenvalue weighted by Gasteiger charge is -2.03. The zero-order chi connectivity index (χ0) is 15.9. The molecule has 2 rings (SSSR count). The van der Waals surface area contributed by atoms with Crippen LogP contribution in [0.3, 0.4) is 0 Å². The van der Waals surface area contributed by atoms with Crippen LogP contribution in [0.1, 0.15) is 27.2 Å². The second kappa shape index (κ2) is 7.41. The first kappa shape index (κ1) is 15.8. The molecule has 0 fully saturated rings. The SMILES string of the molecule is CCNC(=O)COC(=O)c1ccc(NC(=O)c2ccco2)s1. The molecule has 2 aromatic rings. The summed E-state index contributed by atoms with van der Waals surface area (Å²) < 4.78 is 9.83. The summed E-state index contributed by atoms with van der Waals surface area (Å²) in [5, 5.41) is 5.60. The predicted octanol–water partition coefficient (Wildman–Crippen LogP) is 1.89. The van der Waals surface area contributed by atoms with Gasteiger partial charge in [-0.3, -0.25) is 9.59 Å². The Bertz CT molecular complexity index is 663. The number of furan rings is 1. The molecule has 2 aromatic heterocycles. The Hall–Kier alpha value is -2.61. The van der Waals surface area contributed by atoms with Crippen LogP contribution in [0.15, 0.2) is 34.9 Å². The summed E-state index contributed by atoms with van der Waals surface area (Å²) in [5.41, 5.74) is 0. The summed E-state index contributed by atoms with van der Waals surface area (Å²) in [6, 6.07) is 6.23. The minimum Gasteiger partial charge on any atom is -0.459 e. The van der Waals surface area contributed by atoms with Crippen molar-refractivity contribution in [3.63, 3.8) is 0 Å². The Balaban J connectivity index is 1.89. The van der Waals surface area contributed by atoms with Crippen molar-refractivity contribution in [2.24, 2.45) is 0 Å². The summed E-state index contributed by atoms with van der Waals surface area (Å²) >= 11 is 1.05. The summed E-state index contributed by atoms with van der Waals surface area (Å²) in [6.45, 7) is 1.91. The molecular formula is C14H14N2O5S. The Morgan fingerprint density at radius 3 is 2.77 bits per heavy atom. The highest BCUT2D eigenvalue weighted by Crippen LogP contribution is 2.23. The molecule has 0 bridgehead atoms. The van der Waals surface area contributed by atoms with Gasteiger partial charge in [-0.2, -0.15) is 0 Å². The van der Waals surface area contributed by atoms with E-state index in [0.717, 1.165) is 11.3 Å². The van der Waals surface area contributed by atoms with Crippen molar-refractivity contribution in [2.75, 3.05) is 18.5 Å². The molecule has 7 nitrogen and oxygen atoms in total. The second-order valence-corrected chi connectivity index (χ2v) is 5.21. The minimum atomic E-state index is -0.616. The minimum absolute atomic E-state index is 0.175. The number of likely N-dealkylation sites (N-methyl/N-ethyl adjacent to an activating group) is 1. The molecule has 0 aromatic carbocycles. The van der Waals surface area contributed by atoms with Gasteiger partial charge in [0.25, 0.3) is 11.8 Å². The van der Waals surface area contributed by atoms with E-state index in [1.54, 1.807) is 19.1 Å². The Kier molecular flexibility index (Phi) is 5.31. The summed E-state index contributed by atoms with van der Waals surface area (Å²) in [7, 11) is 0. The molecular weight excluding hydrogens is 308 g/mol. The average molecular weight is 322 g/mol. The van der Waals surface area contributed by atoms with Crippen molar-refractivity contribution >= 4 is 34.1 Å². The maximum absolute atomic E-state index is 11.8. The highest BCUT2D eigenvalue weighted by atomic mass is 32.1. The van der Waals surface area contributed by atoms with E-state index >= 15 is 0 Å². The van der Waals surface area contributed by atoms with Crippen LogP contribution < -0.4 is 10.6 Å². The first-order chi connectivity index (χ1) is 10.6. The number of thiophene rings is 1. The third-order valence-corrected chi connectivity index (χ3v) is 3.48. The molecule has 0 aliphatic heterocycles. The van der Waals surface area contributed by atoms with Gasteiger partial charge in [0.15, 0.2) is 12.4 Å². The van der Waals surface area contributed by atoms with E-state index in [1.807, 2.05) is 0 Å². The monoisotopic (exact) mass is 322 g/mol. The zero-order valence-corrected chi connectivity index (χ0v) is 12.6. The number of carbonyl (C=O) groups excluding carboxylic acids is 3. The lowest BCUT2D eigenvalue weighted by Crippen LogP contribution is -2.28. The summed E-state index contributed by atoms with van der Waals surface area (Å²) in [5.74, 6) is -1.21. The standard InChI is InChI=1S/C14H14N2O5S/c1-2-15-11(17)8-21-14(19)10-5-6-12(22-10)16-13(18)9-4-3-7-20-9/h3-7H,2,8H2,1H3,(H,15,17)(H,16,18). The fourth-order valence-electron chi connectivity index (χ4n) is 1.55. The van der Waals surface area contributed by atoms with Gasteiger partial charge in [-0.25, -0.2) is 4.79 Å². The van der Waals surface area contributed by atoms with Gasteiger partial charge in [-0.1, -0.05) is 0 Å². The van der Waals surface area contributed by atoms with Gasteiger partial charge in [0, 0.05) is 6.54 Å². The smallest absolute Gasteiger partial charge is 0.348 e. The lowest BCUT2D eigenvalue weighted by molar-refractivity contribution is -0.124. The van der Waals surface area contributed by atoms with Crippen LogP contribution in [0, 0.1) is 0 Å². The maximum Gasteiger partial charge on any atom is 0.348 e. The highest BCUT2D eigenvalue weighted by molar-refractivity contribution is 7.18. The van der Waals surface area contributed by atoms with E-state index in [2.05, 4.69) is 10.6 Å². The predicted molar refractivity (Wildman–Crippen MR) is 79.9 cm³/mol. The number of rotatable bonds is 6. The van der Waals surface area contributed by atoms with E-state index in [-0.39, 0.29) is 18.3 Å². The van der Waals surface area contributed by atoms with Crippen LogP contribution in [0.5, 0.6) is 0 Å². The van der Waals surface area contributed by atoms with Gasteiger partial charge < -0.3 is 19.8 Å². The molecule has 0 aliphatic carbocycles. The van der Waals surface area contributed by atoms with E-state index in [0.29, 0.717) is 16.4 Å². The van der Waals surface area contributed by atoms with Gasteiger partial charge >= 0.3 is 5.97 Å². The zero-order valence-electron chi connectivity index (χ0n) is 11.8. The Labute approximate surface area is 130 Å². The van der Waals surface area contributed by atoms with Crippen molar-refractivity contribution < 1.29 is 23.5 Å². The van der Waals surface area contributed by atoms with Crippen LogP contribution in [-0.2, 0) is 9.53 Å². The van der Waals surface area contributed by atoms with E-state index in [4.69, 9.17) is 9.15 Å². The molecule has 0 saturated heterocycles. The number of carbonyl (C=O) groups is 3. The first-order valence-electron chi connectivity index (χ1n) is 6.48. The molecule has 0 spiro atoms. The molecule has 2 amide bonds. The van der Waals surface area contributed by atoms with Crippen molar-refractivity contribution in [3.8, 4) is 0 Å². The van der Waals surface area contributed by atoms with Crippen LogP contribution in [-0.4, -0.2) is 30.9 Å². The number of hydrogen-bond donors (Lipinski definition) is 2. The number of ether oxygens (including phenoxy) is 1. The number of amides is 2. The quantitative estimate of drug-likeness (QED) is 0.791.